The average Bonchev–Trinajstić information content (AvgIpc) is 2.27. The van der Waals surface area contributed by atoms with Crippen molar-refractivity contribution in [1.82, 2.24) is 9.88 Å². The highest BCUT2D eigenvalue weighted by molar-refractivity contribution is 5.09. The van der Waals surface area contributed by atoms with Crippen molar-refractivity contribution >= 4 is 0 Å². The standard InChI is InChI=1S/C13H23N3/c1-4-13(2,14)11-16(3)10-7-12-5-8-15-9-6-12/h5-6,8-9H,4,7,10-11,14H2,1-3H3. The zero-order chi connectivity index (χ0) is 12.0. The normalized spacial score (nSPS) is 15.1. The van der Waals surface area contributed by atoms with Gasteiger partial charge in [-0.1, -0.05) is 6.92 Å². The zero-order valence-corrected chi connectivity index (χ0v) is 10.6. The Kier molecular flexibility index (Phi) is 4.90. The minimum Gasteiger partial charge on any atom is -0.324 e. The summed E-state index contributed by atoms with van der Waals surface area (Å²) in [5.41, 5.74) is 7.39. The van der Waals surface area contributed by atoms with E-state index in [0.717, 1.165) is 25.9 Å². The maximum Gasteiger partial charge on any atom is 0.0270 e. The lowest BCUT2D eigenvalue weighted by atomic mass is 10.00. The third-order valence-electron chi connectivity index (χ3n) is 2.97. The molecular weight excluding hydrogens is 198 g/mol. The maximum absolute atomic E-state index is 6.13. The van der Waals surface area contributed by atoms with E-state index in [-0.39, 0.29) is 5.54 Å². The van der Waals surface area contributed by atoms with E-state index >= 15 is 0 Å². The molecule has 0 aliphatic heterocycles. The van der Waals surface area contributed by atoms with E-state index in [4.69, 9.17) is 5.73 Å². The van der Waals surface area contributed by atoms with Crippen molar-refractivity contribution in [2.75, 3.05) is 20.1 Å². The Hall–Kier alpha value is -0.930. The SMILES string of the molecule is CCC(C)(N)CN(C)CCc1ccncc1. The van der Waals surface area contributed by atoms with E-state index < -0.39 is 0 Å². The lowest BCUT2D eigenvalue weighted by molar-refractivity contribution is 0.255. The van der Waals surface area contributed by atoms with Gasteiger partial charge in [0.2, 0.25) is 0 Å². The molecule has 0 amide bonds. The quantitative estimate of drug-likeness (QED) is 0.794. The van der Waals surface area contributed by atoms with Gasteiger partial charge in [-0.25, -0.2) is 0 Å². The fourth-order valence-electron chi connectivity index (χ4n) is 1.68. The van der Waals surface area contributed by atoms with Crippen LogP contribution < -0.4 is 5.73 Å². The first-order valence-electron chi connectivity index (χ1n) is 5.90. The fourth-order valence-corrected chi connectivity index (χ4v) is 1.68. The van der Waals surface area contributed by atoms with Crippen LogP contribution in [0.15, 0.2) is 24.5 Å². The molecule has 1 atom stereocenters. The van der Waals surface area contributed by atoms with Crippen LogP contribution in [-0.4, -0.2) is 35.6 Å². The molecule has 90 valence electrons. The van der Waals surface area contributed by atoms with Crippen molar-refractivity contribution in [2.24, 2.45) is 5.73 Å². The molecule has 0 aromatic carbocycles. The van der Waals surface area contributed by atoms with Crippen molar-refractivity contribution in [3.8, 4) is 0 Å². The van der Waals surface area contributed by atoms with E-state index in [9.17, 15) is 0 Å². The molecule has 0 saturated heterocycles. The summed E-state index contributed by atoms with van der Waals surface area (Å²) < 4.78 is 0. The van der Waals surface area contributed by atoms with Crippen molar-refractivity contribution in [3.05, 3.63) is 30.1 Å². The minimum absolute atomic E-state index is 0.0764. The summed E-state index contributed by atoms with van der Waals surface area (Å²) >= 11 is 0. The van der Waals surface area contributed by atoms with Gasteiger partial charge in [0.15, 0.2) is 0 Å². The second-order valence-electron chi connectivity index (χ2n) is 4.85. The van der Waals surface area contributed by atoms with Gasteiger partial charge >= 0.3 is 0 Å². The van der Waals surface area contributed by atoms with Crippen LogP contribution in [0.25, 0.3) is 0 Å². The first kappa shape index (κ1) is 13.1. The van der Waals surface area contributed by atoms with Crippen molar-refractivity contribution < 1.29 is 0 Å². The van der Waals surface area contributed by atoms with Crippen molar-refractivity contribution in [3.63, 3.8) is 0 Å². The van der Waals surface area contributed by atoms with E-state index in [1.54, 1.807) is 0 Å². The van der Waals surface area contributed by atoms with Crippen LogP contribution in [0.5, 0.6) is 0 Å². The molecule has 0 bridgehead atoms. The summed E-state index contributed by atoms with van der Waals surface area (Å²) in [5.74, 6) is 0. The molecule has 0 radical (unpaired) electrons. The highest BCUT2D eigenvalue weighted by atomic mass is 15.1. The van der Waals surface area contributed by atoms with Crippen LogP contribution in [0.2, 0.25) is 0 Å². The zero-order valence-electron chi connectivity index (χ0n) is 10.6. The smallest absolute Gasteiger partial charge is 0.0270 e. The van der Waals surface area contributed by atoms with Gasteiger partial charge in [-0.2, -0.15) is 0 Å². The second kappa shape index (κ2) is 5.97. The number of nitrogens with zero attached hydrogens (tertiary/aromatic N) is 2. The number of likely N-dealkylation sites (N-methyl/N-ethyl adjacent to an activating group) is 1. The summed E-state index contributed by atoms with van der Waals surface area (Å²) in [4.78, 5) is 6.31. The highest BCUT2D eigenvalue weighted by Gasteiger charge is 2.17. The molecule has 1 rings (SSSR count). The average molecular weight is 221 g/mol. The topological polar surface area (TPSA) is 42.1 Å². The molecule has 1 unspecified atom stereocenters. The van der Waals surface area contributed by atoms with Crippen LogP contribution in [-0.2, 0) is 6.42 Å². The molecule has 2 N–H and O–H groups in total. The molecule has 1 aromatic rings. The van der Waals surface area contributed by atoms with Gasteiger partial charge < -0.3 is 10.6 Å². The summed E-state index contributed by atoms with van der Waals surface area (Å²) in [6.45, 7) is 6.22. The van der Waals surface area contributed by atoms with Crippen LogP contribution in [0, 0.1) is 0 Å². The van der Waals surface area contributed by atoms with E-state index in [1.165, 1.54) is 5.56 Å². The molecule has 0 aliphatic rings. The molecule has 1 heterocycles. The molecule has 1 aromatic heterocycles. The van der Waals surface area contributed by atoms with E-state index in [1.807, 2.05) is 12.4 Å². The predicted molar refractivity (Wildman–Crippen MR) is 68.3 cm³/mol. The summed E-state index contributed by atoms with van der Waals surface area (Å²) in [6, 6.07) is 4.13. The predicted octanol–water partition coefficient (Wildman–Crippen LogP) is 1.68. The Bertz CT molecular complexity index is 295. The molecule has 3 nitrogen and oxygen atoms in total. The van der Waals surface area contributed by atoms with Gasteiger partial charge in [0.25, 0.3) is 0 Å². The molecule has 3 heteroatoms. The Morgan fingerprint density at radius 2 is 2.00 bits per heavy atom. The summed E-state index contributed by atoms with van der Waals surface area (Å²) in [7, 11) is 2.13. The number of rotatable bonds is 6. The molecule has 16 heavy (non-hydrogen) atoms. The van der Waals surface area contributed by atoms with E-state index in [0.29, 0.717) is 0 Å². The Balaban J connectivity index is 2.33. The van der Waals surface area contributed by atoms with Crippen LogP contribution in [0.1, 0.15) is 25.8 Å². The first-order chi connectivity index (χ1) is 7.53. The molecule has 0 aliphatic carbocycles. The summed E-state index contributed by atoms with van der Waals surface area (Å²) in [5, 5.41) is 0. The minimum atomic E-state index is -0.0764. The number of aromatic nitrogens is 1. The van der Waals surface area contributed by atoms with Crippen molar-refractivity contribution in [2.45, 2.75) is 32.2 Å². The number of nitrogens with two attached hydrogens (primary N) is 1. The van der Waals surface area contributed by atoms with Crippen LogP contribution in [0.3, 0.4) is 0 Å². The maximum atomic E-state index is 6.13. The summed E-state index contributed by atoms with van der Waals surface area (Å²) in [6.07, 6.45) is 5.74. The van der Waals surface area contributed by atoms with Gasteiger partial charge in [0.1, 0.15) is 0 Å². The van der Waals surface area contributed by atoms with Crippen LogP contribution in [0.4, 0.5) is 0 Å². The highest BCUT2D eigenvalue weighted by Crippen LogP contribution is 2.07. The largest absolute Gasteiger partial charge is 0.324 e. The monoisotopic (exact) mass is 221 g/mol. The second-order valence-corrected chi connectivity index (χ2v) is 4.85. The van der Waals surface area contributed by atoms with Gasteiger partial charge in [0, 0.05) is 31.0 Å². The third kappa shape index (κ3) is 4.73. The number of hydrogen-bond donors (Lipinski definition) is 1. The lowest BCUT2D eigenvalue weighted by Crippen LogP contribution is -2.46. The number of hydrogen-bond acceptors (Lipinski definition) is 3. The fraction of sp³-hybridized carbons (Fsp3) is 0.615. The molecule has 0 spiro atoms. The molecular formula is C13H23N3. The Morgan fingerprint density at radius 1 is 1.38 bits per heavy atom. The lowest BCUT2D eigenvalue weighted by Gasteiger charge is -2.29. The third-order valence-corrected chi connectivity index (χ3v) is 2.97. The van der Waals surface area contributed by atoms with E-state index in [2.05, 4.69) is 42.9 Å². The van der Waals surface area contributed by atoms with Crippen molar-refractivity contribution in [1.29, 1.82) is 0 Å². The molecule has 0 saturated carbocycles. The number of pyridine rings is 1. The molecule has 0 fully saturated rings. The van der Waals surface area contributed by atoms with Gasteiger partial charge in [0.05, 0.1) is 0 Å². The Morgan fingerprint density at radius 3 is 2.56 bits per heavy atom. The first-order valence-corrected chi connectivity index (χ1v) is 5.90. The van der Waals surface area contributed by atoms with Gasteiger partial charge in [-0.3, -0.25) is 4.98 Å². The van der Waals surface area contributed by atoms with Gasteiger partial charge in [-0.15, -0.1) is 0 Å². The van der Waals surface area contributed by atoms with Gasteiger partial charge in [-0.05, 0) is 44.5 Å². The Labute approximate surface area is 98.7 Å². The van der Waals surface area contributed by atoms with Crippen LogP contribution >= 0.6 is 0 Å².